The van der Waals surface area contributed by atoms with E-state index in [1.807, 2.05) is 0 Å². The second-order valence-electron chi connectivity index (χ2n) is 6.23. The van der Waals surface area contributed by atoms with Crippen LogP contribution in [-0.2, 0) is 4.79 Å². The Balaban J connectivity index is 1.89. The predicted octanol–water partition coefficient (Wildman–Crippen LogP) is 4.16. The Kier molecular flexibility index (Phi) is 6.88. The molecule has 1 aromatic heterocycles. The van der Waals surface area contributed by atoms with Crippen LogP contribution in [0.1, 0.15) is 26.5 Å². The van der Waals surface area contributed by atoms with Crippen LogP contribution < -0.4 is 15.4 Å². The van der Waals surface area contributed by atoms with Crippen molar-refractivity contribution in [2.75, 3.05) is 12.4 Å². The number of ether oxygens (including phenoxy) is 1. The number of carboxylic acids is 1. The number of carbonyl (C=O) groups is 3. The molecule has 0 fully saturated rings. The van der Waals surface area contributed by atoms with Gasteiger partial charge in [-0.2, -0.15) is 0 Å². The van der Waals surface area contributed by atoms with Crippen molar-refractivity contribution in [1.82, 2.24) is 5.32 Å². The van der Waals surface area contributed by atoms with E-state index >= 15 is 0 Å². The Morgan fingerprint density at radius 2 is 1.81 bits per heavy atom. The lowest BCUT2D eigenvalue weighted by Crippen LogP contribution is -2.30. The SMILES string of the molecule is COc1ccc(/C=C(/NC(=O)c2ccc(Br)o2)C(=O)Nc2cccc(C(=O)O)c2)cc1. The first kappa shape index (κ1) is 21.8. The largest absolute Gasteiger partial charge is 0.497 e. The summed E-state index contributed by atoms with van der Waals surface area (Å²) in [4.78, 5) is 36.6. The van der Waals surface area contributed by atoms with E-state index in [9.17, 15) is 14.4 Å². The van der Waals surface area contributed by atoms with Gasteiger partial charge in [0.1, 0.15) is 11.4 Å². The standard InChI is InChI=1S/C22H17BrN2O6/c1-30-16-7-5-13(6-8-16)11-17(25-21(27)18-9-10-19(23)31-18)20(26)24-15-4-2-3-14(12-15)22(28)29/h2-12H,1H3,(H,24,26)(H,25,27)(H,28,29)/b17-11+. The van der Waals surface area contributed by atoms with Crippen molar-refractivity contribution in [2.45, 2.75) is 0 Å². The summed E-state index contributed by atoms with van der Waals surface area (Å²) in [6.45, 7) is 0. The number of nitrogens with one attached hydrogen (secondary N) is 2. The van der Waals surface area contributed by atoms with Crippen LogP contribution in [-0.4, -0.2) is 30.0 Å². The molecule has 3 aromatic rings. The van der Waals surface area contributed by atoms with E-state index in [4.69, 9.17) is 14.3 Å². The third-order valence-corrected chi connectivity index (χ3v) is 4.51. The van der Waals surface area contributed by atoms with Crippen LogP contribution in [0.3, 0.4) is 0 Å². The zero-order chi connectivity index (χ0) is 22.4. The molecule has 0 radical (unpaired) electrons. The van der Waals surface area contributed by atoms with Gasteiger partial charge < -0.3 is 24.9 Å². The molecular formula is C22H17BrN2O6. The van der Waals surface area contributed by atoms with Gasteiger partial charge in [0.05, 0.1) is 12.7 Å². The zero-order valence-electron chi connectivity index (χ0n) is 16.2. The number of amides is 2. The molecule has 2 amide bonds. The molecule has 0 bridgehead atoms. The molecule has 3 rings (SSSR count). The fourth-order valence-electron chi connectivity index (χ4n) is 2.57. The van der Waals surface area contributed by atoms with Crippen molar-refractivity contribution >= 4 is 45.5 Å². The van der Waals surface area contributed by atoms with Crippen LogP contribution in [0.4, 0.5) is 5.69 Å². The third-order valence-electron chi connectivity index (χ3n) is 4.08. The summed E-state index contributed by atoms with van der Waals surface area (Å²) in [7, 11) is 1.54. The summed E-state index contributed by atoms with van der Waals surface area (Å²) >= 11 is 3.13. The molecule has 0 unspecified atom stereocenters. The molecule has 0 aliphatic carbocycles. The summed E-state index contributed by atoms with van der Waals surface area (Å²) in [5.74, 6) is -1.75. The van der Waals surface area contributed by atoms with Gasteiger partial charge in [-0.05, 0) is 70.0 Å². The van der Waals surface area contributed by atoms with Gasteiger partial charge in [-0.15, -0.1) is 0 Å². The van der Waals surface area contributed by atoms with Crippen molar-refractivity contribution in [3.05, 3.63) is 87.9 Å². The molecule has 0 aliphatic rings. The number of anilines is 1. The van der Waals surface area contributed by atoms with Crippen LogP contribution in [0.25, 0.3) is 6.08 Å². The molecular weight excluding hydrogens is 468 g/mol. The summed E-state index contributed by atoms with van der Waals surface area (Å²) in [5, 5.41) is 14.3. The quantitative estimate of drug-likeness (QED) is 0.433. The van der Waals surface area contributed by atoms with Gasteiger partial charge in [-0.1, -0.05) is 18.2 Å². The zero-order valence-corrected chi connectivity index (χ0v) is 17.8. The van der Waals surface area contributed by atoms with Crippen LogP contribution >= 0.6 is 15.9 Å². The summed E-state index contributed by atoms with van der Waals surface area (Å²) in [6.07, 6.45) is 1.48. The highest BCUT2D eigenvalue weighted by atomic mass is 79.9. The minimum Gasteiger partial charge on any atom is -0.497 e. The monoisotopic (exact) mass is 484 g/mol. The molecule has 2 aromatic carbocycles. The lowest BCUT2D eigenvalue weighted by molar-refractivity contribution is -0.113. The highest BCUT2D eigenvalue weighted by Gasteiger charge is 2.18. The van der Waals surface area contributed by atoms with Crippen LogP contribution in [0, 0.1) is 0 Å². The molecule has 0 saturated carbocycles. The summed E-state index contributed by atoms with van der Waals surface area (Å²) < 4.78 is 10.7. The molecule has 9 heteroatoms. The molecule has 0 aliphatic heterocycles. The minimum atomic E-state index is -1.12. The van der Waals surface area contributed by atoms with Crippen molar-refractivity contribution in [3.8, 4) is 5.75 Å². The van der Waals surface area contributed by atoms with E-state index in [2.05, 4.69) is 26.6 Å². The molecule has 8 nitrogen and oxygen atoms in total. The highest BCUT2D eigenvalue weighted by molar-refractivity contribution is 9.10. The first-order chi connectivity index (χ1) is 14.9. The van der Waals surface area contributed by atoms with Gasteiger partial charge >= 0.3 is 5.97 Å². The number of carbonyl (C=O) groups excluding carboxylic acids is 2. The lowest BCUT2D eigenvalue weighted by Gasteiger charge is -2.11. The maximum Gasteiger partial charge on any atom is 0.335 e. The molecule has 0 spiro atoms. The van der Waals surface area contributed by atoms with Gasteiger partial charge in [0.2, 0.25) is 0 Å². The molecule has 0 saturated heterocycles. The Bertz CT molecular complexity index is 1150. The van der Waals surface area contributed by atoms with Gasteiger partial charge in [0.25, 0.3) is 11.8 Å². The second-order valence-corrected chi connectivity index (χ2v) is 7.01. The number of methoxy groups -OCH3 is 1. The number of rotatable bonds is 7. The number of aromatic carboxylic acids is 1. The second kappa shape index (κ2) is 9.77. The topological polar surface area (TPSA) is 118 Å². The molecule has 1 heterocycles. The molecule has 31 heavy (non-hydrogen) atoms. The minimum absolute atomic E-state index is 0.00757. The van der Waals surface area contributed by atoms with Crippen molar-refractivity contribution in [3.63, 3.8) is 0 Å². The average Bonchev–Trinajstić information content (AvgIpc) is 3.20. The number of furan rings is 1. The van der Waals surface area contributed by atoms with Gasteiger partial charge in [-0.3, -0.25) is 9.59 Å². The molecule has 3 N–H and O–H groups in total. The Hall–Kier alpha value is -3.85. The summed E-state index contributed by atoms with van der Waals surface area (Å²) in [5.41, 5.74) is 0.845. The van der Waals surface area contributed by atoms with Crippen LogP contribution in [0.5, 0.6) is 5.75 Å². The maximum absolute atomic E-state index is 12.9. The Labute approximate surface area is 185 Å². The predicted molar refractivity (Wildman–Crippen MR) is 117 cm³/mol. The van der Waals surface area contributed by atoms with E-state index in [1.165, 1.54) is 37.5 Å². The van der Waals surface area contributed by atoms with Gasteiger partial charge in [-0.25, -0.2) is 4.79 Å². The number of halogens is 1. The van der Waals surface area contributed by atoms with Crippen molar-refractivity contribution in [1.29, 1.82) is 0 Å². The number of benzene rings is 2. The Morgan fingerprint density at radius 1 is 1.06 bits per heavy atom. The highest BCUT2D eigenvalue weighted by Crippen LogP contribution is 2.17. The fraction of sp³-hybridized carbons (Fsp3) is 0.0455. The van der Waals surface area contributed by atoms with Crippen molar-refractivity contribution in [2.24, 2.45) is 0 Å². The van der Waals surface area contributed by atoms with E-state index in [1.54, 1.807) is 36.4 Å². The van der Waals surface area contributed by atoms with E-state index in [0.29, 0.717) is 16.0 Å². The van der Waals surface area contributed by atoms with E-state index in [-0.39, 0.29) is 22.7 Å². The Morgan fingerprint density at radius 3 is 2.42 bits per heavy atom. The third kappa shape index (κ3) is 5.83. The smallest absolute Gasteiger partial charge is 0.335 e. The first-order valence-electron chi connectivity index (χ1n) is 8.93. The number of carboxylic acid groups (broad SMARTS) is 1. The van der Waals surface area contributed by atoms with Gasteiger partial charge in [0, 0.05) is 5.69 Å². The average molecular weight is 485 g/mol. The normalized spacial score (nSPS) is 11.0. The summed E-state index contributed by atoms with van der Waals surface area (Å²) in [6, 6.07) is 15.6. The van der Waals surface area contributed by atoms with E-state index < -0.39 is 17.8 Å². The maximum atomic E-state index is 12.9. The van der Waals surface area contributed by atoms with Crippen molar-refractivity contribution < 1.29 is 28.6 Å². The lowest BCUT2D eigenvalue weighted by atomic mass is 10.1. The van der Waals surface area contributed by atoms with Gasteiger partial charge in [0.15, 0.2) is 10.4 Å². The van der Waals surface area contributed by atoms with Crippen LogP contribution in [0.15, 0.2) is 75.4 Å². The fourth-order valence-corrected chi connectivity index (χ4v) is 2.88. The number of hydrogen-bond donors (Lipinski definition) is 3. The van der Waals surface area contributed by atoms with E-state index in [0.717, 1.165) is 0 Å². The molecule has 0 atom stereocenters. The first-order valence-corrected chi connectivity index (χ1v) is 9.72. The number of hydrogen-bond acceptors (Lipinski definition) is 5. The van der Waals surface area contributed by atoms with Crippen LogP contribution in [0.2, 0.25) is 0 Å². The molecule has 158 valence electrons.